The molecule has 10 aromatic carbocycles. The van der Waals surface area contributed by atoms with Crippen LogP contribution in [0.2, 0.25) is 0 Å². The first kappa shape index (κ1) is 41.8. The van der Waals surface area contributed by atoms with Crippen molar-refractivity contribution in [2.75, 3.05) is 0 Å². The summed E-state index contributed by atoms with van der Waals surface area (Å²) in [6.07, 6.45) is 3.68. The highest BCUT2D eigenvalue weighted by atomic mass is 32.1. The van der Waals surface area contributed by atoms with Gasteiger partial charge in [0.25, 0.3) is 0 Å². The van der Waals surface area contributed by atoms with Crippen molar-refractivity contribution in [3.63, 3.8) is 0 Å². The number of aromatic nitrogens is 4. The Morgan fingerprint density at radius 1 is 0.316 bits per heavy atom. The lowest BCUT2D eigenvalue weighted by molar-refractivity contribution is 1.07. The maximum absolute atomic E-state index is 12.3. The molecule has 0 N–H and O–H groups in total. The molecule has 0 radical (unpaired) electrons. The van der Waals surface area contributed by atoms with E-state index in [1.807, 2.05) is 23.7 Å². The quantitative estimate of drug-likeness (QED) is 0.176. The van der Waals surface area contributed by atoms with E-state index in [4.69, 9.17) is 0 Å². The van der Waals surface area contributed by atoms with Gasteiger partial charge in [-0.1, -0.05) is 127 Å². The van der Waals surface area contributed by atoms with E-state index in [0.717, 1.165) is 82.2 Å². The molecule has 76 heavy (non-hydrogen) atoms. The highest BCUT2D eigenvalue weighted by Gasteiger charge is 2.34. The van der Waals surface area contributed by atoms with Crippen molar-refractivity contribution in [2.24, 2.45) is 0 Å². The molecule has 0 fully saturated rings. The molecule has 17 rings (SSSR count). The van der Waals surface area contributed by atoms with Gasteiger partial charge >= 0.3 is 0 Å². The molecule has 17 aromatic rings. The molecule has 0 aliphatic carbocycles. The molecule has 0 bridgehead atoms. The van der Waals surface area contributed by atoms with E-state index >= 15 is 0 Å². The average Bonchev–Trinajstić information content (AvgIpc) is 4.50. The van der Waals surface area contributed by atoms with Crippen LogP contribution >= 0.6 is 34.0 Å². The minimum atomic E-state index is 0.284. The molecule has 0 amide bonds. The number of pyridine rings is 1. The summed E-state index contributed by atoms with van der Waals surface area (Å²) in [5, 5.41) is 38.4. The van der Waals surface area contributed by atoms with Crippen LogP contribution in [0.5, 0.6) is 0 Å². The maximum atomic E-state index is 12.3. The molecule has 6 nitrogen and oxygen atoms in total. The molecule has 7 aromatic heterocycles. The molecule has 0 spiro atoms. The third kappa shape index (κ3) is 5.38. The second-order valence-electron chi connectivity index (χ2n) is 19.5. The number of nitrogens with zero attached hydrogens (tertiary/aromatic N) is 6. The first-order chi connectivity index (χ1) is 37.7. The van der Waals surface area contributed by atoms with Gasteiger partial charge in [-0.25, -0.2) is 0 Å². The van der Waals surface area contributed by atoms with Gasteiger partial charge in [0.15, 0.2) is 0 Å². The van der Waals surface area contributed by atoms with Crippen LogP contribution in [0, 0.1) is 22.7 Å². The lowest BCUT2D eigenvalue weighted by Crippen LogP contribution is -2.14. The molecule has 0 aliphatic heterocycles. The molecule has 350 valence electrons. The van der Waals surface area contributed by atoms with Crippen LogP contribution in [0.1, 0.15) is 11.1 Å². The van der Waals surface area contributed by atoms with Crippen LogP contribution in [-0.2, 0) is 0 Å². The van der Waals surface area contributed by atoms with Gasteiger partial charge in [0, 0.05) is 111 Å². The van der Waals surface area contributed by atoms with Crippen molar-refractivity contribution in [3.05, 3.63) is 218 Å². The molecule has 0 atom stereocenters. The maximum Gasteiger partial charge on any atom is 0.103 e. The second-order valence-corrected chi connectivity index (χ2v) is 22.6. The summed E-state index contributed by atoms with van der Waals surface area (Å²) in [6, 6.07) is 74.8. The molecular weight excluding hydrogens is 985 g/mol. The van der Waals surface area contributed by atoms with Crippen molar-refractivity contribution < 1.29 is 0 Å². The predicted molar refractivity (Wildman–Crippen MR) is 321 cm³/mol. The van der Waals surface area contributed by atoms with Crippen LogP contribution in [-0.4, -0.2) is 18.7 Å². The third-order valence-electron chi connectivity index (χ3n) is 15.8. The topological polar surface area (TPSA) is 75.3 Å². The van der Waals surface area contributed by atoms with Gasteiger partial charge in [0.2, 0.25) is 0 Å². The van der Waals surface area contributed by atoms with Crippen LogP contribution in [0.4, 0.5) is 0 Å². The van der Waals surface area contributed by atoms with Gasteiger partial charge in [-0.3, -0.25) is 4.98 Å². The Balaban J connectivity index is 1.15. The first-order valence-corrected chi connectivity index (χ1v) is 27.6. The molecule has 0 saturated carbocycles. The van der Waals surface area contributed by atoms with Gasteiger partial charge < -0.3 is 13.7 Å². The Kier molecular flexibility index (Phi) is 8.51. The molecular formula is C67H34N6S3. The second kappa shape index (κ2) is 15.5. The molecule has 7 heterocycles. The highest BCUT2D eigenvalue weighted by molar-refractivity contribution is 7.27. The van der Waals surface area contributed by atoms with Crippen molar-refractivity contribution in [2.45, 2.75) is 0 Å². The van der Waals surface area contributed by atoms with E-state index in [9.17, 15) is 10.5 Å². The van der Waals surface area contributed by atoms with E-state index in [-0.39, 0.29) is 11.1 Å². The van der Waals surface area contributed by atoms with Crippen molar-refractivity contribution >= 4 is 160 Å². The zero-order valence-electron chi connectivity index (χ0n) is 40.0. The summed E-state index contributed by atoms with van der Waals surface area (Å²) >= 11 is 5.42. The fourth-order valence-electron chi connectivity index (χ4n) is 12.8. The van der Waals surface area contributed by atoms with Crippen molar-refractivity contribution in [3.8, 4) is 40.3 Å². The van der Waals surface area contributed by atoms with Crippen molar-refractivity contribution in [1.82, 2.24) is 18.7 Å². The minimum absolute atomic E-state index is 0.284. The van der Waals surface area contributed by atoms with Crippen molar-refractivity contribution in [1.29, 1.82) is 10.5 Å². The number of hydrogen-bond acceptors (Lipinski definition) is 6. The molecule has 0 unspecified atom stereocenters. The monoisotopic (exact) mass is 1020 g/mol. The fourth-order valence-corrected chi connectivity index (χ4v) is 16.6. The van der Waals surface area contributed by atoms with Gasteiger partial charge in [-0.05, 0) is 72.3 Å². The Hall–Kier alpha value is -9.61. The normalized spacial score (nSPS) is 12.2. The highest BCUT2D eigenvalue weighted by Crippen LogP contribution is 2.53. The summed E-state index contributed by atoms with van der Waals surface area (Å²) in [5.74, 6) is 0. The third-order valence-corrected chi connectivity index (χ3v) is 19.4. The molecule has 9 heteroatoms. The standard InChI is InChI=1S/C67H34N6S3/c68-35-47-48(36-69)63(72-50-20-8-2-17-45(50)60-53(72)29-26-42-39-14-5-11-23-56(39)75-66(42)60)64(73-51-21-9-3-18-46(51)61-54(73)30-27-43-40-15-6-12-24-57(40)76-67(43)61)58(37-31-33-70-34-32-37)62(47)71-49-19-7-1-16-44(49)59-52(71)28-25-41-38-13-4-10-22-55(38)74-65(41)59/h1-34H. The number of hydrogen-bond donors (Lipinski definition) is 0. The summed E-state index contributed by atoms with van der Waals surface area (Å²) in [5.41, 5.74) is 10.1. The summed E-state index contributed by atoms with van der Waals surface area (Å²) < 4.78 is 14.2. The number of para-hydroxylation sites is 3. The largest absolute Gasteiger partial charge is 0.307 e. The zero-order chi connectivity index (χ0) is 49.9. The summed E-state index contributed by atoms with van der Waals surface area (Å²) in [4.78, 5) is 4.61. The van der Waals surface area contributed by atoms with Gasteiger partial charge in [-0.15, -0.1) is 34.0 Å². The first-order valence-electron chi connectivity index (χ1n) is 25.1. The number of nitriles is 2. The number of benzene rings is 10. The van der Waals surface area contributed by atoms with Crippen LogP contribution in [0.25, 0.3) is 154 Å². The molecule has 0 aliphatic rings. The van der Waals surface area contributed by atoms with E-state index in [0.29, 0.717) is 11.4 Å². The van der Waals surface area contributed by atoms with Crippen LogP contribution in [0.3, 0.4) is 0 Å². The Morgan fingerprint density at radius 3 is 1.07 bits per heavy atom. The van der Waals surface area contributed by atoms with Gasteiger partial charge in [0.05, 0.1) is 61.3 Å². The molecule has 0 saturated heterocycles. The Bertz CT molecular complexity index is 5510. The average molecular weight is 1020 g/mol. The summed E-state index contributed by atoms with van der Waals surface area (Å²) in [6.45, 7) is 0. The van der Waals surface area contributed by atoms with E-state index in [1.54, 1.807) is 22.7 Å². The smallest absolute Gasteiger partial charge is 0.103 e. The summed E-state index contributed by atoms with van der Waals surface area (Å²) in [7, 11) is 0. The zero-order valence-corrected chi connectivity index (χ0v) is 42.5. The predicted octanol–water partition coefficient (Wildman–Crippen LogP) is 18.9. The lowest BCUT2D eigenvalue weighted by atomic mass is 9.92. The number of rotatable bonds is 4. The fraction of sp³-hybridized carbons (Fsp3) is 0. The number of thiophene rings is 3. The van der Waals surface area contributed by atoms with Crippen LogP contribution in [0.15, 0.2) is 207 Å². The Morgan fingerprint density at radius 2 is 0.658 bits per heavy atom. The minimum Gasteiger partial charge on any atom is -0.307 e. The van der Waals surface area contributed by atoms with Crippen LogP contribution < -0.4 is 0 Å². The SMILES string of the molecule is N#Cc1c(C#N)c(-n2c3ccccc3c3c4sc5ccccc5c4ccc32)c(-n2c3ccccc3c3c4sc5ccccc5c4ccc32)c(-c2ccncc2)c1-n1c2ccccc2c2c3sc4ccccc4c3ccc21. The van der Waals surface area contributed by atoms with Gasteiger partial charge in [0.1, 0.15) is 12.1 Å². The van der Waals surface area contributed by atoms with E-state index in [2.05, 4.69) is 225 Å². The lowest BCUT2D eigenvalue weighted by Gasteiger charge is -2.26. The van der Waals surface area contributed by atoms with Gasteiger partial charge in [-0.2, -0.15) is 10.5 Å². The van der Waals surface area contributed by atoms with E-state index in [1.165, 1.54) is 60.5 Å². The Labute approximate surface area is 444 Å². The number of fused-ring (bicyclic) bond motifs is 21. The van der Waals surface area contributed by atoms with E-state index < -0.39 is 0 Å².